The van der Waals surface area contributed by atoms with Crippen LogP contribution in [0.25, 0.3) is 10.1 Å². The predicted octanol–water partition coefficient (Wildman–Crippen LogP) is 3.15. The molecule has 2 heterocycles. The quantitative estimate of drug-likeness (QED) is 0.927. The number of aliphatic carboxylic acids is 1. The van der Waals surface area contributed by atoms with Crippen molar-refractivity contribution in [1.29, 1.82) is 0 Å². The number of hydrogen-bond donors (Lipinski definition) is 1. The molecule has 0 spiro atoms. The average molecular weight is 303 g/mol. The lowest BCUT2D eigenvalue weighted by molar-refractivity contribution is -0.147. The molecule has 0 saturated carbocycles. The second-order valence-corrected chi connectivity index (χ2v) is 6.90. The van der Waals surface area contributed by atoms with Crippen LogP contribution >= 0.6 is 11.3 Å². The van der Waals surface area contributed by atoms with E-state index in [2.05, 4.69) is 6.07 Å². The molecule has 110 valence electrons. The van der Waals surface area contributed by atoms with Crippen molar-refractivity contribution in [3.63, 3.8) is 0 Å². The molecule has 4 nitrogen and oxygen atoms in total. The van der Waals surface area contributed by atoms with E-state index in [-0.39, 0.29) is 12.5 Å². The highest BCUT2D eigenvalue weighted by atomic mass is 32.1. The number of carbonyl (C=O) groups excluding carboxylic acids is 1. The summed E-state index contributed by atoms with van der Waals surface area (Å²) in [6, 6.07) is 6.04. The van der Waals surface area contributed by atoms with Gasteiger partial charge in [0.25, 0.3) is 5.91 Å². The molecule has 1 fully saturated rings. The van der Waals surface area contributed by atoms with Crippen LogP contribution in [-0.2, 0) is 4.79 Å². The van der Waals surface area contributed by atoms with Crippen LogP contribution in [0.5, 0.6) is 0 Å². The monoisotopic (exact) mass is 303 g/mol. The smallest absolute Gasteiger partial charge is 0.311 e. The second-order valence-electron chi connectivity index (χ2n) is 5.99. The molecule has 1 unspecified atom stereocenters. The number of carboxylic acid groups (broad SMARTS) is 1. The summed E-state index contributed by atoms with van der Waals surface area (Å²) in [7, 11) is 0. The highest BCUT2D eigenvalue weighted by molar-refractivity contribution is 7.17. The summed E-state index contributed by atoms with van der Waals surface area (Å²) < 4.78 is 1.10. The lowest BCUT2D eigenvalue weighted by Crippen LogP contribution is -2.34. The van der Waals surface area contributed by atoms with Crippen LogP contribution in [0.15, 0.2) is 23.6 Å². The Labute approximate surface area is 127 Å². The maximum Gasteiger partial charge on any atom is 0.311 e. The number of likely N-dealkylation sites (tertiary alicyclic amines) is 1. The summed E-state index contributed by atoms with van der Waals surface area (Å²) in [4.78, 5) is 25.6. The lowest BCUT2D eigenvalue weighted by Gasteiger charge is -2.20. The molecule has 0 bridgehead atoms. The maximum absolute atomic E-state index is 12.7. The van der Waals surface area contributed by atoms with E-state index in [0.717, 1.165) is 10.1 Å². The van der Waals surface area contributed by atoms with Gasteiger partial charge in [-0.2, -0.15) is 0 Å². The van der Waals surface area contributed by atoms with Crippen molar-refractivity contribution in [2.24, 2.45) is 5.41 Å². The van der Waals surface area contributed by atoms with E-state index in [9.17, 15) is 14.7 Å². The van der Waals surface area contributed by atoms with Crippen molar-refractivity contribution in [3.8, 4) is 0 Å². The van der Waals surface area contributed by atoms with Gasteiger partial charge in [-0.05, 0) is 31.9 Å². The zero-order valence-corrected chi connectivity index (χ0v) is 12.9. The van der Waals surface area contributed by atoms with Gasteiger partial charge in [-0.25, -0.2) is 0 Å². The zero-order chi connectivity index (χ0) is 15.2. The van der Waals surface area contributed by atoms with E-state index in [1.54, 1.807) is 23.2 Å². The first-order valence-corrected chi connectivity index (χ1v) is 7.79. The fourth-order valence-corrected chi connectivity index (χ4v) is 3.81. The number of carbonyl (C=O) groups is 2. The molecular weight excluding hydrogens is 286 g/mol. The number of nitrogens with zero attached hydrogens (tertiary/aromatic N) is 1. The molecule has 3 rings (SSSR count). The third-order valence-electron chi connectivity index (χ3n) is 4.24. The third-order valence-corrected chi connectivity index (χ3v) is 5.18. The summed E-state index contributed by atoms with van der Waals surface area (Å²) in [5.41, 5.74) is 1.03. The van der Waals surface area contributed by atoms with Gasteiger partial charge in [-0.15, -0.1) is 11.3 Å². The van der Waals surface area contributed by atoms with Gasteiger partial charge < -0.3 is 10.0 Å². The Morgan fingerprint density at radius 3 is 2.81 bits per heavy atom. The molecule has 2 aromatic rings. The summed E-state index contributed by atoms with van der Waals surface area (Å²) >= 11 is 1.56. The van der Waals surface area contributed by atoms with Crippen molar-refractivity contribution in [2.75, 3.05) is 13.1 Å². The number of fused-ring (bicyclic) bond motifs is 1. The Balaban J connectivity index is 1.90. The number of rotatable bonds is 2. The highest BCUT2D eigenvalue weighted by Gasteiger charge is 2.42. The highest BCUT2D eigenvalue weighted by Crippen LogP contribution is 2.33. The Hall–Kier alpha value is -1.88. The van der Waals surface area contributed by atoms with E-state index in [0.29, 0.717) is 18.5 Å². The minimum absolute atomic E-state index is 0.0601. The van der Waals surface area contributed by atoms with E-state index in [1.165, 1.54) is 5.56 Å². The molecular formula is C16H17NO3S. The Morgan fingerprint density at radius 1 is 1.38 bits per heavy atom. The van der Waals surface area contributed by atoms with Crippen LogP contribution in [0.3, 0.4) is 0 Å². The summed E-state index contributed by atoms with van der Waals surface area (Å²) in [5, 5.41) is 12.1. The largest absolute Gasteiger partial charge is 0.481 e. The Morgan fingerprint density at radius 2 is 2.14 bits per heavy atom. The number of amides is 1. The van der Waals surface area contributed by atoms with Crippen LogP contribution in [0.2, 0.25) is 0 Å². The molecule has 1 saturated heterocycles. The van der Waals surface area contributed by atoms with Crippen LogP contribution in [0, 0.1) is 12.3 Å². The number of hydrogen-bond acceptors (Lipinski definition) is 3. The fraction of sp³-hybridized carbons (Fsp3) is 0.375. The van der Waals surface area contributed by atoms with Gasteiger partial charge in [0.1, 0.15) is 0 Å². The van der Waals surface area contributed by atoms with Crippen molar-refractivity contribution < 1.29 is 14.7 Å². The molecule has 1 aromatic heterocycles. The Bertz CT molecular complexity index is 736. The van der Waals surface area contributed by atoms with E-state index < -0.39 is 11.4 Å². The topological polar surface area (TPSA) is 57.6 Å². The number of thiophene rings is 1. The van der Waals surface area contributed by atoms with Gasteiger partial charge in [0, 0.05) is 28.6 Å². The molecule has 1 N–H and O–H groups in total. The van der Waals surface area contributed by atoms with Gasteiger partial charge in [-0.3, -0.25) is 9.59 Å². The first kappa shape index (κ1) is 14.1. The van der Waals surface area contributed by atoms with Crippen LogP contribution in [0.4, 0.5) is 0 Å². The van der Waals surface area contributed by atoms with Gasteiger partial charge in [0.15, 0.2) is 0 Å². The van der Waals surface area contributed by atoms with E-state index >= 15 is 0 Å². The minimum atomic E-state index is -0.830. The van der Waals surface area contributed by atoms with Crippen LogP contribution in [0.1, 0.15) is 29.3 Å². The molecule has 5 heteroatoms. The lowest BCUT2D eigenvalue weighted by atomic mass is 9.90. The normalized spacial score (nSPS) is 21.9. The van der Waals surface area contributed by atoms with E-state index in [1.807, 2.05) is 24.4 Å². The standard InChI is InChI=1S/C16H17NO3S/c1-10-3-4-11-12(8-21-13(11)7-10)14(18)17-6-5-16(2,9-17)15(19)20/h3-4,7-8H,5-6,9H2,1-2H3,(H,19,20). The van der Waals surface area contributed by atoms with Crippen LogP contribution < -0.4 is 0 Å². The van der Waals surface area contributed by atoms with Gasteiger partial charge >= 0.3 is 5.97 Å². The molecule has 1 amide bonds. The summed E-state index contributed by atoms with van der Waals surface area (Å²) in [6.07, 6.45) is 0.509. The third kappa shape index (κ3) is 2.31. The van der Waals surface area contributed by atoms with Crippen molar-refractivity contribution >= 4 is 33.3 Å². The minimum Gasteiger partial charge on any atom is -0.481 e. The molecule has 0 radical (unpaired) electrons. The van der Waals surface area contributed by atoms with Crippen molar-refractivity contribution in [2.45, 2.75) is 20.3 Å². The molecule has 1 aliphatic heterocycles. The predicted molar refractivity (Wildman–Crippen MR) is 82.8 cm³/mol. The molecule has 21 heavy (non-hydrogen) atoms. The van der Waals surface area contributed by atoms with E-state index in [4.69, 9.17) is 0 Å². The Kier molecular flexibility index (Phi) is 3.24. The zero-order valence-electron chi connectivity index (χ0n) is 12.0. The molecule has 1 aliphatic rings. The fourth-order valence-electron chi connectivity index (χ4n) is 2.78. The molecule has 1 atom stereocenters. The number of benzene rings is 1. The molecule has 1 aromatic carbocycles. The second kappa shape index (κ2) is 4.84. The maximum atomic E-state index is 12.7. The molecule has 0 aliphatic carbocycles. The van der Waals surface area contributed by atoms with Gasteiger partial charge in [-0.1, -0.05) is 12.1 Å². The first-order valence-electron chi connectivity index (χ1n) is 6.91. The summed E-state index contributed by atoms with van der Waals surface area (Å²) in [5.74, 6) is -0.890. The van der Waals surface area contributed by atoms with Crippen molar-refractivity contribution in [3.05, 3.63) is 34.7 Å². The SMILES string of the molecule is Cc1ccc2c(C(=O)N3CCC(C)(C(=O)O)C3)csc2c1. The van der Waals surface area contributed by atoms with Crippen molar-refractivity contribution in [1.82, 2.24) is 4.90 Å². The van der Waals surface area contributed by atoms with Gasteiger partial charge in [0.05, 0.1) is 11.0 Å². The average Bonchev–Trinajstić information content (AvgIpc) is 3.02. The number of carboxylic acids is 1. The van der Waals surface area contributed by atoms with Gasteiger partial charge in [0.2, 0.25) is 0 Å². The summed E-state index contributed by atoms with van der Waals surface area (Å²) in [6.45, 7) is 4.52. The number of aryl methyl sites for hydroxylation is 1. The van der Waals surface area contributed by atoms with Crippen LogP contribution in [-0.4, -0.2) is 35.0 Å². The first-order chi connectivity index (χ1) is 9.90.